The summed E-state index contributed by atoms with van der Waals surface area (Å²) in [7, 11) is -3.00. The molecule has 1 atom stereocenters. The molecule has 0 aliphatic carbocycles. The predicted molar refractivity (Wildman–Crippen MR) is 118 cm³/mol. The number of rotatable bonds is 3. The standard InChI is InChI=1S/C23H25N3O4S/c27-22(18-10-14-31(28,29)15-11-18)26-13-12-25(16-20(26)17-6-2-1-3-7-17)23-24-19-8-4-5-9-21(19)30-23/h1-9,18,20H,10-16H2. The van der Waals surface area contributed by atoms with Crippen LogP contribution in [0.15, 0.2) is 59.0 Å². The van der Waals surface area contributed by atoms with Crippen LogP contribution in [-0.2, 0) is 14.6 Å². The molecule has 2 fully saturated rings. The van der Waals surface area contributed by atoms with E-state index in [-0.39, 0.29) is 29.4 Å². The van der Waals surface area contributed by atoms with E-state index in [2.05, 4.69) is 9.88 Å². The van der Waals surface area contributed by atoms with Crippen LogP contribution in [0.3, 0.4) is 0 Å². The fraction of sp³-hybridized carbons (Fsp3) is 0.391. The Labute approximate surface area is 181 Å². The van der Waals surface area contributed by atoms with Crippen LogP contribution >= 0.6 is 0 Å². The highest BCUT2D eigenvalue weighted by molar-refractivity contribution is 7.91. The van der Waals surface area contributed by atoms with Crippen molar-refractivity contribution in [3.05, 3.63) is 60.2 Å². The molecule has 1 unspecified atom stereocenters. The molecule has 2 aliphatic rings. The first-order chi connectivity index (χ1) is 15.0. The van der Waals surface area contributed by atoms with E-state index >= 15 is 0 Å². The Balaban J connectivity index is 1.41. The number of piperazine rings is 1. The molecule has 0 saturated carbocycles. The van der Waals surface area contributed by atoms with Gasteiger partial charge in [0, 0.05) is 25.6 Å². The van der Waals surface area contributed by atoms with Gasteiger partial charge in [-0.15, -0.1) is 0 Å². The van der Waals surface area contributed by atoms with Gasteiger partial charge < -0.3 is 14.2 Å². The highest BCUT2D eigenvalue weighted by Crippen LogP contribution is 2.32. The minimum absolute atomic E-state index is 0.0565. The van der Waals surface area contributed by atoms with E-state index < -0.39 is 9.84 Å². The number of benzene rings is 2. The largest absolute Gasteiger partial charge is 0.423 e. The van der Waals surface area contributed by atoms with Gasteiger partial charge >= 0.3 is 0 Å². The number of amides is 1. The lowest BCUT2D eigenvalue weighted by Gasteiger charge is -2.42. The van der Waals surface area contributed by atoms with Gasteiger partial charge in [0.15, 0.2) is 5.58 Å². The lowest BCUT2D eigenvalue weighted by atomic mass is 9.96. The van der Waals surface area contributed by atoms with Crippen molar-refractivity contribution in [2.24, 2.45) is 5.92 Å². The number of aromatic nitrogens is 1. The van der Waals surface area contributed by atoms with E-state index in [0.29, 0.717) is 38.5 Å². The van der Waals surface area contributed by atoms with Crippen molar-refractivity contribution in [3.8, 4) is 0 Å². The second-order valence-corrected chi connectivity index (χ2v) is 10.6. The van der Waals surface area contributed by atoms with Crippen molar-refractivity contribution in [2.75, 3.05) is 36.0 Å². The Kier molecular flexibility index (Phi) is 5.17. The Bertz CT molecular complexity index is 1140. The van der Waals surface area contributed by atoms with Crippen molar-refractivity contribution in [3.63, 3.8) is 0 Å². The van der Waals surface area contributed by atoms with E-state index in [4.69, 9.17) is 4.42 Å². The summed E-state index contributed by atoms with van der Waals surface area (Å²) in [6, 6.07) is 18.1. The van der Waals surface area contributed by atoms with Crippen LogP contribution in [0, 0.1) is 5.92 Å². The van der Waals surface area contributed by atoms with Crippen molar-refractivity contribution in [2.45, 2.75) is 18.9 Å². The second kappa shape index (κ2) is 8.00. The molecular weight excluding hydrogens is 414 g/mol. The molecule has 3 aromatic rings. The number of nitrogens with zero attached hydrogens (tertiary/aromatic N) is 3. The van der Waals surface area contributed by atoms with E-state index in [9.17, 15) is 13.2 Å². The molecule has 7 nitrogen and oxygen atoms in total. The van der Waals surface area contributed by atoms with E-state index in [1.54, 1.807) is 0 Å². The van der Waals surface area contributed by atoms with Crippen molar-refractivity contribution < 1.29 is 17.6 Å². The third-order valence-corrected chi connectivity index (χ3v) is 8.02. The zero-order valence-corrected chi connectivity index (χ0v) is 18.0. The number of oxazole rings is 1. The number of hydrogen-bond acceptors (Lipinski definition) is 6. The van der Waals surface area contributed by atoms with Crippen LogP contribution in [-0.4, -0.2) is 55.3 Å². The molecule has 31 heavy (non-hydrogen) atoms. The van der Waals surface area contributed by atoms with Crippen molar-refractivity contribution in [1.29, 1.82) is 0 Å². The zero-order chi connectivity index (χ0) is 21.4. The average Bonchev–Trinajstić information content (AvgIpc) is 3.23. The first-order valence-corrected chi connectivity index (χ1v) is 12.5. The minimum Gasteiger partial charge on any atom is -0.423 e. The summed E-state index contributed by atoms with van der Waals surface area (Å²) in [5.41, 5.74) is 2.62. The van der Waals surface area contributed by atoms with E-state index in [1.807, 2.05) is 59.5 Å². The highest BCUT2D eigenvalue weighted by atomic mass is 32.2. The van der Waals surface area contributed by atoms with Gasteiger partial charge in [0.05, 0.1) is 17.5 Å². The normalized spacial score (nSPS) is 22.0. The first-order valence-electron chi connectivity index (χ1n) is 10.7. The van der Waals surface area contributed by atoms with Crippen LogP contribution in [0.2, 0.25) is 0 Å². The number of carbonyl (C=O) groups is 1. The van der Waals surface area contributed by atoms with Gasteiger partial charge in [-0.2, -0.15) is 4.98 Å². The predicted octanol–water partition coefficient (Wildman–Crippen LogP) is 3.04. The monoisotopic (exact) mass is 439 g/mol. The SMILES string of the molecule is O=C(C1CCS(=O)(=O)CC1)N1CCN(c2nc3ccccc3o2)CC1c1ccccc1. The maximum Gasteiger partial charge on any atom is 0.298 e. The molecule has 2 aliphatic heterocycles. The Morgan fingerprint density at radius 2 is 1.68 bits per heavy atom. The summed E-state index contributed by atoms with van der Waals surface area (Å²) in [6.45, 7) is 1.74. The van der Waals surface area contributed by atoms with Crippen molar-refractivity contribution in [1.82, 2.24) is 9.88 Å². The fourth-order valence-electron chi connectivity index (χ4n) is 4.55. The highest BCUT2D eigenvalue weighted by Gasteiger charge is 2.38. The molecule has 2 saturated heterocycles. The number of anilines is 1. The smallest absolute Gasteiger partial charge is 0.298 e. The molecule has 2 aromatic carbocycles. The fourth-order valence-corrected chi connectivity index (χ4v) is 6.04. The van der Waals surface area contributed by atoms with Gasteiger partial charge in [-0.1, -0.05) is 42.5 Å². The molecule has 162 valence electrons. The second-order valence-electron chi connectivity index (χ2n) is 8.29. The van der Waals surface area contributed by atoms with Gasteiger partial charge in [-0.3, -0.25) is 4.79 Å². The third-order valence-electron chi connectivity index (χ3n) is 6.30. The molecule has 0 radical (unpaired) electrons. The molecule has 3 heterocycles. The van der Waals surface area contributed by atoms with Crippen molar-refractivity contribution >= 4 is 32.9 Å². The Morgan fingerprint density at radius 3 is 2.42 bits per heavy atom. The number of para-hydroxylation sites is 2. The molecule has 1 aromatic heterocycles. The van der Waals surface area contributed by atoms with Gasteiger partial charge in [-0.05, 0) is 30.5 Å². The summed E-state index contributed by atoms with van der Waals surface area (Å²) in [4.78, 5) is 22.1. The van der Waals surface area contributed by atoms with Crippen LogP contribution in [0.4, 0.5) is 6.01 Å². The summed E-state index contributed by atoms with van der Waals surface area (Å²) in [5.74, 6) is 0.0245. The van der Waals surface area contributed by atoms with Gasteiger partial charge in [-0.25, -0.2) is 8.42 Å². The summed E-state index contributed by atoms with van der Waals surface area (Å²) in [6.07, 6.45) is 0.821. The quantitative estimate of drug-likeness (QED) is 0.624. The molecule has 8 heteroatoms. The molecule has 0 bridgehead atoms. The van der Waals surface area contributed by atoms with Crippen LogP contribution in [0.5, 0.6) is 0 Å². The molecule has 0 N–H and O–H groups in total. The van der Waals surface area contributed by atoms with Crippen LogP contribution in [0.1, 0.15) is 24.4 Å². The molecule has 0 spiro atoms. The topological polar surface area (TPSA) is 83.7 Å². The molecule has 5 rings (SSSR count). The lowest BCUT2D eigenvalue weighted by molar-refractivity contribution is -0.138. The summed E-state index contributed by atoms with van der Waals surface area (Å²) < 4.78 is 29.6. The summed E-state index contributed by atoms with van der Waals surface area (Å²) in [5, 5.41) is 0. The van der Waals surface area contributed by atoms with E-state index in [0.717, 1.165) is 16.7 Å². The maximum atomic E-state index is 13.4. The lowest BCUT2D eigenvalue weighted by Crippen LogP contribution is -2.53. The number of carbonyl (C=O) groups excluding carboxylic acids is 1. The van der Waals surface area contributed by atoms with Gasteiger partial charge in [0.1, 0.15) is 15.4 Å². The minimum atomic E-state index is -3.00. The first kappa shape index (κ1) is 20.1. The molecular formula is C23H25N3O4S. The average molecular weight is 440 g/mol. The number of sulfone groups is 1. The zero-order valence-electron chi connectivity index (χ0n) is 17.2. The maximum absolute atomic E-state index is 13.4. The van der Waals surface area contributed by atoms with E-state index in [1.165, 1.54) is 0 Å². The number of fused-ring (bicyclic) bond motifs is 1. The molecule has 1 amide bonds. The van der Waals surface area contributed by atoms with Crippen LogP contribution in [0.25, 0.3) is 11.1 Å². The van der Waals surface area contributed by atoms with Gasteiger partial charge in [0.25, 0.3) is 6.01 Å². The summed E-state index contributed by atoms with van der Waals surface area (Å²) >= 11 is 0. The van der Waals surface area contributed by atoms with Crippen LogP contribution < -0.4 is 4.90 Å². The Morgan fingerprint density at radius 1 is 0.968 bits per heavy atom. The Hall–Kier alpha value is -2.87. The van der Waals surface area contributed by atoms with Gasteiger partial charge in [0.2, 0.25) is 5.91 Å². The number of hydrogen-bond donors (Lipinski definition) is 0. The third kappa shape index (κ3) is 4.04.